The number of fused-ring (bicyclic) bond motifs is 2. The van der Waals surface area contributed by atoms with Crippen molar-refractivity contribution in [3.05, 3.63) is 33.0 Å². The molecule has 4 rings (SSSR count). The second-order valence-electron chi connectivity index (χ2n) is 9.66. The Kier molecular flexibility index (Phi) is 6.92. The van der Waals surface area contributed by atoms with Crippen molar-refractivity contribution in [3.8, 4) is 6.07 Å². The van der Waals surface area contributed by atoms with E-state index in [9.17, 15) is 10.1 Å². The summed E-state index contributed by atoms with van der Waals surface area (Å²) in [6.07, 6.45) is 8.62. The minimum absolute atomic E-state index is 0.102. The van der Waals surface area contributed by atoms with Crippen molar-refractivity contribution in [3.63, 3.8) is 0 Å². The molecule has 0 aliphatic heterocycles. The van der Waals surface area contributed by atoms with Crippen LogP contribution in [0.5, 0.6) is 0 Å². The van der Waals surface area contributed by atoms with Crippen LogP contribution < -0.4 is 5.32 Å². The molecule has 2 aliphatic carbocycles. The summed E-state index contributed by atoms with van der Waals surface area (Å²) in [5, 5.41) is 14.2. The zero-order valence-corrected chi connectivity index (χ0v) is 21.1. The van der Waals surface area contributed by atoms with Crippen LogP contribution in [-0.2, 0) is 30.5 Å². The molecular weight excluding hydrogens is 436 g/mol. The van der Waals surface area contributed by atoms with E-state index in [1.54, 1.807) is 11.3 Å². The van der Waals surface area contributed by atoms with Crippen molar-refractivity contribution < 1.29 is 4.79 Å². The lowest BCUT2D eigenvalue weighted by atomic mass is 9.69. The van der Waals surface area contributed by atoms with Crippen molar-refractivity contribution >= 4 is 34.0 Å². The van der Waals surface area contributed by atoms with Crippen LogP contribution in [0.4, 0.5) is 5.00 Å². The number of nitrogens with one attached hydrogen (secondary N) is 1. The van der Waals surface area contributed by atoms with Gasteiger partial charge in [0.1, 0.15) is 11.1 Å². The Bertz CT molecular complexity index is 1070. The molecule has 1 N–H and O–H groups in total. The quantitative estimate of drug-likeness (QED) is 0.424. The summed E-state index contributed by atoms with van der Waals surface area (Å²) in [6, 6.07) is 2.36. The van der Waals surface area contributed by atoms with Gasteiger partial charge in [0.05, 0.1) is 11.3 Å². The minimum atomic E-state index is -0.102. The van der Waals surface area contributed by atoms with Crippen LogP contribution in [0.25, 0.3) is 0 Å². The van der Waals surface area contributed by atoms with Gasteiger partial charge in [-0.15, -0.1) is 11.3 Å². The number of carbonyl (C=O) groups is 1. The molecule has 1 amide bonds. The van der Waals surface area contributed by atoms with Crippen LogP contribution >= 0.6 is 23.1 Å². The summed E-state index contributed by atoms with van der Waals surface area (Å²) in [4.78, 5) is 23.3. The Labute approximate surface area is 199 Å². The second-order valence-corrected chi connectivity index (χ2v) is 11.7. The van der Waals surface area contributed by atoms with Gasteiger partial charge >= 0.3 is 0 Å². The van der Waals surface area contributed by atoms with Crippen molar-refractivity contribution in [1.82, 2.24) is 9.97 Å². The number of amides is 1. The summed E-state index contributed by atoms with van der Waals surface area (Å²) < 4.78 is 0. The van der Waals surface area contributed by atoms with E-state index >= 15 is 0 Å². The third-order valence-corrected chi connectivity index (χ3v) is 9.37. The number of anilines is 1. The Hall–Kier alpha value is -1.91. The van der Waals surface area contributed by atoms with E-state index in [4.69, 9.17) is 4.98 Å². The standard InChI is InChI=1S/C25H32N4OS2/c1-5-25(3,4)16-10-11-18-19(13-26)23(32-21(18)12-16)29-22(30)14-31-24-27-15(2)17-8-6-7-9-20(17)28-24/h16H,5-12,14H2,1-4H3,(H,29,30)/t16-/m0/s1. The first kappa shape index (κ1) is 23.3. The number of thioether (sulfide) groups is 1. The maximum Gasteiger partial charge on any atom is 0.235 e. The van der Waals surface area contributed by atoms with Gasteiger partial charge < -0.3 is 5.32 Å². The fourth-order valence-electron chi connectivity index (χ4n) is 4.86. The smallest absolute Gasteiger partial charge is 0.235 e. The number of nitriles is 1. The summed E-state index contributed by atoms with van der Waals surface area (Å²) >= 11 is 2.97. The Morgan fingerprint density at radius 3 is 2.78 bits per heavy atom. The van der Waals surface area contributed by atoms with Crippen molar-refractivity contribution in [2.45, 2.75) is 84.2 Å². The summed E-state index contributed by atoms with van der Waals surface area (Å²) in [7, 11) is 0. The normalized spacial score (nSPS) is 17.9. The topological polar surface area (TPSA) is 78.7 Å². The van der Waals surface area contributed by atoms with Gasteiger partial charge in [-0.1, -0.05) is 39.0 Å². The molecule has 0 radical (unpaired) electrons. The van der Waals surface area contributed by atoms with Crippen LogP contribution in [0.15, 0.2) is 5.16 Å². The van der Waals surface area contributed by atoms with E-state index in [2.05, 4.69) is 37.1 Å². The lowest BCUT2D eigenvalue weighted by molar-refractivity contribution is -0.113. The first-order valence-electron chi connectivity index (χ1n) is 11.7. The average molecular weight is 469 g/mol. The lowest BCUT2D eigenvalue weighted by Gasteiger charge is -2.36. The van der Waals surface area contributed by atoms with Crippen LogP contribution in [-0.4, -0.2) is 21.6 Å². The fourth-order valence-corrected chi connectivity index (χ4v) is 6.86. The number of nitrogens with zero attached hydrogens (tertiary/aromatic N) is 3. The van der Waals surface area contributed by atoms with E-state index in [0.29, 0.717) is 27.1 Å². The van der Waals surface area contributed by atoms with Gasteiger partial charge in [0.25, 0.3) is 0 Å². The molecule has 0 bridgehead atoms. The third kappa shape index (κ3) is 4.72. The van der Waals surface area contributed by atoms with Crippen molar-refractivity contribution in [1.29, 1.82) is 5.26 Å². The van der Waals surface area contributed by atoms with Crippen LogP contribution in [0, 0.1) is 29.6 Å². The van der Waals surface area contributed by atoms with E-state index < -0.39 is 0 Å². The molecule has 2 aliphatic rings. The van der Waals surface area contributed by atoms with Crippen LogP contribution in [0.1, 0.15) is 79.4 Å². The van der Waals surface area contributed by atoms with Crippen molar-refractivity contribution in [2.75, 3.05) is 11.1 Å². The number of hydrogen-bond donors (Lipinski definition) is 1. The number of thiophene rings is 1. The molecule has 0 aromatic carbocycles. The van der Waals surface area contributed by atoms with Gasteiger partial charge in [-0.25, -0.2) is 9.97 Å². The highest BCUT2D eigenvalue weighted by Crippen LogP contribution is 2.45. The SMILES string of the molecule is CCC(C)(C)[C@H]1CCc2c(sc(NC(=O)CSc3nc(C)c4c(n3)CCCC4)c2C#N)C1. The molecular formula is C25H32N4OS2. The first-order chi connectivity index (χ1) is 15.3. The molecule has 0 fully saturated rings. The molecule has 0 saturated heterocycles. The minimum Gasteiger partial charge on any atom is -0.316 e. The van der Waals surface area contributed by atoms with E-state index in [1.165, 1.54) is 35.0 Å². The Morgan fingerprint density at radius 2 is 2.03 bits per heavy atom. The number of carbonyl (C=O) groups excluding carboxylic acids is 1. The Morgan fingerprint density at radius 1 is 1.25 bits per heavy atom. The highest BCUT2D eigenvalue weighted by atomic mass is 32.2. The zero-order chi connectivity index (χ0) is 22.9. The van der Waals surface area contributed by atoms with Crippen LogP contribution in [0.2, 0.25) is 0 Å². The molecule has 1 atom stereocenters. The third-order valence-electron chi connectivity index (χ3n) is 7.35. The number of hydrogen-bond acceptors (Lipinski definition) is 6. The molecule has 2 heterocycles. The van der Waals surface area contributed by atoms with Gasteiger partial charge in [-0.2, -0.15) is 5.26 Å². The van der Waals surface area contributed by atoms with Gasteiger partial charge in [0.15, 0.2) is 5.16 Å². The zero-order valence-electron chi connectivity index (χ0n) is 19.5. The highest BCUT2D eigenvalue weighted by Gasteiger charge is 2.34. The van der Waals surface area contributed by atoms with E-state index in [-0.39, 0.29) is 11.7 Å². The average Bonchev–Trinajstić information content (AvgIpc) is 3.13. The monoisotopic (exact) mass is 468 g/mol. The fraction of sp³-hybridized carbons (Fsp3) is 0.600. The van der Waals surface area contributed by atoms with Gasteiger partial charge in [-0.3, -0.25) is 4.79 Å². The van der Waals surface area contributed by atoms with Gasteiger partial charge in [0, 0.05) is 16.3 Å². The number of aryl methyl sites for hydroxylation is 2. The molecule has 2 aromatic rings. The van der Waals surface area contributed by atoms with Crippen molar-refractivity contribution in [2.24, 2.45) is 11.3 Å². The largest absolute Gasteiger partial charge is 0.316 e. The summed E-state index contributed by atoms with van der Waals surface area (Å²) in [5.74, 6) is 0.764. The molecule has 2 aromatic heterocycles. The molecule has 0 spiro atoms. The van der Waals surface area contributed by atoms with Crippen LogP contribution in [0.3, 0.4) is 0 Å². The maximum absolute atomic E-state index is 12.7. The molecule has 7 heteroatoms. The van der Waals surface area contributed by atoms with E-state index in [1.807, 2.05) is 6.92 Å². The van der Waals surface area contributed by atoms with Gasteiger partial charge in [0.2, 0.25) is 5.91 Å². The predicted molar refractivity (Wildman–Crippen MR) is 131 cm³/mol. The molecule has 170 valence electrons. The summed E-state index contributed by atoms with van der Waals surface area (Å²) in [6.45, 7) is 8.97. The predicted octanol–water partition coefficient (Wildman–Crippen LogP) is 5.87. The van der Waals surface area contributed by atoms with E-state index in [0.717, 1.165) is 55.5 Å². The molecule has 0 unspecified atom stereocenters. The molecule has 5 nitrogen and oxygen atoms in total. The highest BCUT2D eigenvalue weighted by molar-refractivity contribution is 7.99. The first-order valence-corrected chi connectivity index (χ1v) is 13.5. The molecule has 32 heavy (non-hydrogen) atoms. The number of rotatable bonds is 6. The second kappa shape index (κ2) is 9.52. The summed E-state index contributed by atoms with van der Waals surface area (Å²) in [5.41, 5.74) is 5.59. The number of aromatic nitrogens is 2. The maximum atomic E-state index is 12.7. The van der Waals surface area contributed by atoms with Gasteiger partial charge in [-0.05, 0) is 74.3 Å². The molecule has 0 saturated carbocycles. The lowest BCUT2D eigenvalue weighted by Crippen LogP contribution is -2.28. The Balaban J connectivity index is 1.43.